The van der Waals surface area contributed by atoms with Crippen LogP contribution in [0.1, 0.15) is 31.4 Å². The Bertz CT molecular complexity index is 398. The van der Waals surface area contributed by atoms with Gasteiger partial charge in [0.25, 0.3) is 5.91 Å². The molecule has 0 heterocycles. The molecular formula is C13H16N2O2. The fourth-order valence-electron chi connectivity index (χ4n) is 1.50. The largest absolute Gasteiger partial charge is 0.378 e. The molecule has 2 atom stereocenters. The molecule has 0 aliphatic heterocycles. The van der Waals surface area contributed by atoms with Gasteiger partial charge in [0.2, 0.25) is 0 Å². The van der Waals surface area contributed by atoms with E-state index in [1.54, 1.807) is 24.3 Å². The van der Waals surface area contributed by atoms with Crippen LogP contribution in [0.2, 0.25) is 0 Å². The molecule has 0 aromatic heterocycles. The molecule has 0 aliphatic rings. The molecule has 1 amide bonds. The van der Waals surface area contributed by atoms with Crippen LogP contribution in [0.25, 0.3) is 0 Å². The van der Waals surface area contributed by atoms with Crippen LogP contribution >= 0.6 is 0 Å². The third-order valence-corrected chi connectivity index (χ3v) is 2.41. The topological polar surface area (TPSA) is 73.1 Å². The summed E-state index contributed by atoms with van der Waals surface area (Å²) in [4.78, 5) is 11.7. The maximum atomic E-state index is 11.7. The Hall–Kier alpha value is -1.86. The first-order valence-corrected chi connectivity index (χ1v) is 5.62. The number of amides is 1. The predicted molar refractivity (Wildman–Crippen MR) is 63.9 cm³/mol. The quantitative estimate of drug-likeness (QED) is 0.808. The first-order valence-electron chi connectivity index (χ1n) is 5.62. The van der Waals surface area contributed by atoms with Crippen LogP contribution in [0.3, 0.4) is 0 Å². The van der Waals surface area contributed by atoms with Crippen molar-refractivity contribution in [3.8, 4) is 6.07 Å². The molecule has 1 aromatic carbocycles. The number of hydrogen-bond donors (Lipinski definition) is 2. The van der Waals surface area contributed by atoms with Crippen LogP contribution in [0.5, 0.6) is 0 Å². The number of nitriles is 1. The first kappa shape index (κ1) is 13.2. The molecule has 17 heavy (non-hydrogen) atoms. The van der Waals surface area contributed by atoms with Crippen LogP contribution in [0, 0.1) is 11.3 Å². The zero-order valence-corrected chi connectivity index (χ0v) is 9.76. The summed E-state index contributed by atoms with van der Waals surface area (Å²) in [6.45, 7) is 1.93. The van der Waals surface area contributed by atoms with E-state index in [0.717, 1.165) is 6.42 Å². The summed E-state index contributed by atoms with van der Waals surface area (Å²) in [7, 11) is 0. The predicted octanol–water partition coefficient (Wildman–Crippen LogP) is 1.53. The molecule has 0 fully saturated rings. The number of carbonyl (C=O) groups excluding carboxylic acids is 1. The SMILES string of the molecule is CCCC(C#N)NC(=O)C(O)c1ccccc1. The van der Waals surface area contributed by atoms with Crippen molar-refractivity contribution < 1.29 is 9.90 Å². The fraction of sp³-hybridized carbons (Fsp3) is 0.385. The lowest BCUT2D eigenvalue weighted by molar-refractivity contribution is -0.130. The van der Waals surface area contributed by atoms with Crippen LogP contribution in [-0.4, -0.2) is 17.1 Å². The van der Waals surface area contributed by atoms with Crippen LogP contribution in [-0.2, 0) is 4.79 Å². The molecule has 0 bridgehead atoms. The van der Waals surface area contributed by atoms with Crippen molar-refractivity contribution in [1.29, 1.82) is 5.26 Å². The molecule has 0 spiro atoms. The summed E-state index contributed by atoms with van der Waals surface area (Å²) >= 11 is 0. The molecule has 0 saturated carbocycles. The zero-order chi connectivity index (χ0) is 12.7. The van der Waals surface area contributed by atoms with Crippen LogP contribution < -0.4 is 5.32 Å². The van der Waals surface area contributed by atoms with Crippen molar-refractivity contribution in [2.45, 2.75) is 31.9 Å². The molecule has 90 valence electrons. The van der Waals surface area contributed by atoms with Crippen molar-refractivity contribution in [2.24, 2.45) is 0 Å². The van der Waals surface area contributed by atoms with Crippen LogP contribution in [0.15, 0.2) is 30.3 Å². The minimum absolute atomic E-state index is 0.526. The van der Waals surface area contributed by atoms with Crippen LogP contribution in [0.4, 0.5) is 0 Å². The average Bonchev–Trinajstić information content (AvgIpc) is 2.38. The summed E-state index contributed by atoms with van der Waals surface area (Å²) in [6.07, 6.45) is 0.174. The second-order valence-electron chi connectivity index (χ2n) is 3.79. The Balaban J connectivity index is 2.62. The second-order valence-corrected chi connectivity index (χ2v) is 3.79. The second kappa shape index (κ2) is 6.66. The third kappa shape index (κ3) is 3.89. The van der Waals surface area contributed by atoms with E-state index in [1.807, 2.05) is 19.1 Å². The summed E-state index contributed by atoms with van der Waals surface area (Å²) < 4.78 is 0. The van der Waals surface area contributed by atoms with Gasteiger partial charge in [-0.25, -0.2) is 0 Å². The number of aliphatic hydroxyl groups excluding tert-OH is 1. The van der Waals surface area contributed by atoms with Gasteiger partial charge in [0.05, 0.1) is 6.07 Å². The van der Waals surface area contributed by atoms with Gasteiger partial charge in [-0.15, -0.1) is 0 Å². The van der Waals surface area contributed by atoms with E-state index in [2.05, 4.69) is 5.32 Å². The molecule has 1 aromatic rings. The van der Waals surface area contributed by atoms with E-state index >= 15 is 0 Å². The lowest BCUT2D eigenvalue weighted by Crippen LogP contribution is -2.37. The number of nitrogens with zero attached hydrogens (tertiary/aromatic N) is 1. The van der Waals surface area contributed by atoms with E-state index in [1.165, 1.54) is 0 Å². The van der Waals surface area contributed by atoms with E-state index in [0.29, 0.717) is 12.0 Å². The van der Waals surface area contributed by atoms with Gasteiger partial charge in [-0.3, -0.25) is 4.79 Å². The van der Waals surface area contributed by atoms with Gasteiger partial charge in [0.1, 0.15) is 6.04 Å². The Kier molecular flexibility index (Phi) is 5.18. The Morgan fingerprint density at radius 2 is 2.12 bits per heavy atom. The van der Waals surface area contributed by atoms with E-state index < -0.39 is 18.1 Å². The smallest absolute Gasteiger partial charge is 0.254 e. The van der Waals surface area contributed by atoms with Crippen molar-refractivity contribution in [3.05, 3.63) is 35.9 Å². The third-order valence-electron chi connectivity index (χ3n) is 2.41. The molecule has 1 rings (SSSR count). The van der Waals surface area contributed by atoms with Gasteiger partial charge in [-0.05, 0) is 12.0 Å². The highest BCUT2D eigenvalue weighted by Gasteiger charge is 2.19. The molecular weight excluding hydrogens is 216 g/mol. The van der Waals surface area contributed by atoms with E-state index in [-0.39, 0.29) is 0 Å². The van der Waals surface area contributed by atoms with Gasteiger partial charge in [0, 0.05) is 0 Å². The first-order chi connectivity index (χ1) is 8.19. The fourth-order valence-corrected chi connectivity index (χ4v) is 1.50. The summed E-state index contributed by atoms with van der Waals surface area (Å²) in [6, 6.07) is 10.1. The molecule has 2 unspecified atom stereocenters. The van der Waals surface area contributed by atoms with Crippen molar-refractivity contribution in [1.82, 2.24) is 5.32 Å². The van der Waals surface area contributed by atoms with E-state index in [9.17, 15) is 9.90 Å². The van der Waals surface area contributed by atoms with Crippen molar-refractivity contribution >= 4 is 5.91 Å². The lowest BCUT2D eigenvalue weighted by atomic mass is 10.1. The Morgan fingerprint density at radius 3 is 2.65 bits per heavy atom. The highest BCUT2D eigenvalue weighted by atomic mass is 16.3. The minimum Gasteiger partial charge on any atom is -0.378 e. The zero-order valence-electron chi connectivity index (χ0n) is 9.76. The summed E-state index contributed by atoms with van der Waals surface area (Å²) in [5.74, 6) is -0.531. The summed E-state index contributed by atoms with van der Waals surface area (Å²) in [5, 5.41) is 21.1. The molecule has 0 radical (unpaired) electrons. The standard InChI is InChI=1S/C13H16N2O2/c1-2-6-11(9-14)15-13(17)12(16)10-7-4-3-5-8-10/h3-5,7-8,11-12,16H,2,6H2,1H3,(H,15,17). The summed E-state index contributed by atoms with van der Waals surface area (Å²) in [5.41, 5.74) is 0.526. The number of aliphatic hydroxyl groups is 1. The number of hydrogen-bond acceptors (Lipinski definition) is 3. The maximum absolute atomic E-state index is 11.7. The van der Waals surface area contributed by atoms with Gasteiger partial charge in [0.15, 0.2) is 6.10 Å². The molecule has 4 nitrogen and oxygen atoms in total. The van der Waals surface area contributed by atoms with Gasteiger partial charge < -0.3 is 10.4 Å². The number of carbonyl (C=O) groups is 1. The van der Waals surface area contributed by atoms with Crippen molar-refractivity contribution in [3.63, 3.8) is 0 Å². The maximum Gasteiger partial charge on any atom is 0.254 e. The monoisotopic (exact) mass is 232 g/mol. The van der Waals surface area contributed by atoms with Gasteiger partial charge in [-0.2, -0.15) is 5.26 Å². The molecule has 0 saturated heterocycles. The average molecular weight is 232 g/mol. The van der Waals surface area contributed by atoms with E-state index in [4.69, 9.17) is 5.26 Å². The molecule has 2 N–H and O–H groups in total. The highest BCUT2D eigenvalue weighted by molar-refractivity contribution is 5.82. The van der Waals surface area contributed by atoms with Gasteiger partial charge >= 0.3 is 0 Å². The number of benzene rings is 1. The lowest BCUT2D eigenvalue weighted by Gasteiger charge is -2.14. The number of rotatable bonds is 5. The van der Waals surface area contributed by atoms with Gasteiger partial charge in [-0.1, -0.05) is 43.7 Å². The molecule has 0 aliphatic carbocycles. The minimum atomic E-state index is -1.22. The molecule has 4 heteroatoms. The normalized spacial score (nSPS) is 13.5. The highest BCUT2D eigenvalue weighted by Crippen LogP contribution is 2.12. The Morgan fingerprint density at radius 1 is 1.47 bits per heavy atom. The number of nitrogens with one attached hydrogen (secondary N) is 1. The Labute approximate surface area is 101 Å². The van der Waals surface area contributed by atoms with Crippen molar-refractivity contribution in [2.75, 3.05) is 0 Å².